The van der Waals surface area contributed by atoms with Crippen LogP contribution in [0.1, 0.15) is 12.5 Å². The topological polar surface area (TPSA) is 0 Å². The van der Waals surface area contributed by atoms with Crippen LogP contribution in [0.15, 0.2) is 24.3 Å². The quantitative estimate of drug-likeness (QED) is 0.589. The van der Waals surface area contributed by atoms with Crippen molar-refractivity contribution in [3.05, 3.63) is 29.8 Å². The predicted molar refractivity (Wildman–Crippen MR) is 55.4 cm³/mol. The van der Waals surface area contributed by atoms with Gasteiger partial charge >= 0.3 is 0 Å². The molecule has 0 aliphatic heterocycles. The highest BCUT2D eigenvalue weighted by molar-refractivity contribution is 5.42. The molecule has 0 aliphatic carbocycles. The van der Waals surface area contributed by atoms with E-state index >= 15 is 0 Å². The zero-order chi connectivity index (χ0) is 9.19. The smallest absolute Gasteiger partial charge is 0.132 e. The first-order valence-corrected chi connectivity index (χ1v) is 4.46. The highest BCUT2D eigenvalue weighted by atomic mass is 15.3. The first-order valence-electron chi connectivity index (χ1n) is 4.46. The third-order valence-electron chi connectivity index (χ3n) is 2.52. The summed E-state index contributed by atoms with van der Waals surface area (Å²) in [4.78, 5) is 0. The van der Waals surface area contributed by atoms with E-state index < -0.39 is 0 Å². The van der Waals surface area contributed by atoms with Crippen molar-refractivity contribution in [3.63, 3.8) is 0 Å². The minimum absolute atomic E-state index is 0.959. The van der Waals surface area contributed by atoms with Crippen LogP contribution in [0, 0.1) is 6.92 Å². The van der Waals surface area contributed by atoms with Gasteiger partial charge in [0.25, 0.3) is 0 Å². The summed E-state index contributed by atoms with van der Waals surface area (Å²) in [5, 5.41) is 0. The molecule has 0 bridgehead atoms. The fraction of sp³-hybridized carbons (Fsp3) is 0.455. The summed E-state index contributed by atoms with van der Waals surface area (Å²) in [5.74, 6) is 0. The predicted octanol–water partition coefficient (Wildman–Crippen LogP) is 2.58. The van der Waals surface area contributed by atoms with Crippen LogP contribution in [-0.4, -0.2) is 20.6 Å². The number of hydrogen-bond donors (Lipinski definition) is 0. The molecule has 12 heavy (non-hydrogen) atoms. The van der Waals surface area contributed by atoms with Crippen molar-refractivity contribution in [2.45, 2.75) is 13.8 Å². The summed E-state index contributed by atoms with van der Waals surface area (Å²) in [6.07, 6.45) is 0. The second-order valence-corrected chi connectivity index (χ2v) is 3.84. The third-order valence-corrected chi connectivity index (χ3v) is 2.52. The lowest BCUT2D eigenvalue weighted by Crippen LogP contribution is -2.39. The fourth-order valence-corrected chi connectivity index (χ4v) is 1.13. The highest BCUT2D eigenvalue weighted by Gasteiger charge is 2.14. The minimum atomic E-state index is 0.959. The van der Waals surface area contributed by atoms with Crippen molar-refractivity contribution >= 4 is 5.69 Å². The molecule has 0 N–H and O–H groups in total. The molecule has 0 saturated heterocycles. The lowest BCUT2D eigenvalue weighted by molar-refractivity contribution is 0.421. The van der Waals surface area contributed by atoms with Gasteiger partial charge in [-0.25, -0.2) is 0 Å². The summed E-state index contributed by atoms with van der Waals surface area (Å²) >= 11 is 0. The molecule has 0 saturated carbocycles. The molecular formula is C11H18N+. The molecule has 0 atom stereocenters. The molecule has 0 amide bonds. The van der Waals surface area contributed by atoms with Gasteiger partial charge in [0.15, 0.2) is 0 Å². The summed E-state index contributed by atoms with van der Waals surface area (Å²) in [6.45, 7) is 5.46. The summed E-state index contributed by atoms with van der Waals surface area (Å²) in [7, 11) is 4.45. The number of rotatable bonds is 2. The average Bonchev–Trinajstić information content (AvgIpc) is 2.05. The molecule has 0 aliphatic rings. The molecule has 1 rings (SSSR count). The molecular weight excluding hydrogens is 146 g/mol. The Hall–Kier alpha value is -0.820. The van der Waals surface area contributed by atoms with Crippen molar-refractivity contribution in [1.29, 1.82) is 0 Å². The monoisotopic (exact) mass is 164 g/mol. The Morgan fingerprint density at radius 3 is 2.00 bits per heavy atom. The Morgan fingerprint density at radius 1 is 1.08 bits per heavy atom. The Balaban J connectivity index is 2.96. The molecule has 66 valence electrons. The van der Waals surface area contributed by atoms with Gasteiger partial charge in [-0.05, 0) is 26.0 Å². The fourth-order valence-electron chi connectivity index (χ4n) is 1.13. The maximum absolute atomic E-state index is 2.23. The van der Waals surface area contributed by atoms with Crippen LogP contribution in [0.2, 0.25) is 0 Å². The summed E-state index contributed by atoms with van der Waals surface area (Å²) in [6, 6.07) is 8.76. The first kappa shape index (κ1) is 9.27. The van der Waals surface area contributed by atoms with E-state index in [1.807, 2.05) is 0 Å². The molecule has 1 aromatic carbocycles. The maximum Gasteiger partial charge on any atom is 0.132 e. The molecule has 1 aromatic rings. The van der Waals surface area contributed by atoms with Crippen LogP contribution < -0.4 is 4.48 Å². The van der Waals surface area contributed by atoms with E-state index in [-0.39, 0.29) is 0 Å². The van der Waals surface area contributed by atoms with Gasteiger partial charge in [-0.1, -0.05) is 17.7 Å². The number of benzene rings is 1. The van der Waals surface area contributed by atoms with E-state index in [0.29, 0.717) is 0 Å². The minimum Gasteiger partial charge on any atom is -0.296 e. The van der Waals surface area contributed by atoms with E-state index in [4.69, 9.17) is 0 Å². The maximum atomic E-state index is 2.23. The van der Waals surface area contributed by atoms with Crippen LogP contribution in [0.3, 0.4) is 0 Å². The molecule has 0 aromatic heterocycles. The SMILES string of the molecule is CC[N+](C)(C)c1ccc(C)cc1. The number of quaternary nitrogens is 1. The highest BCUT2D eigenvalue weighted by Crippen LogP contribution is 2.18. The zero-order valence-electron chi connectivity index (χ0n) is 8.46. The first-order chi connectivity index (χ1) is 5.56. The lowest BCUT2D eigenvalue weighted by atomic mass is 10.2. The van der Waals surface area contributed by atoms with Gasteiger partial charge in [0.1, 0.15) is 5.69 Å². The van der Waals surface area contributed by atoms with E-state index in [9.17, 15) is 0 Å². The average molecular weight is 164 g/mol. The van der Waals surface area contributed by atoms with Gasteiger partial charge in [0.05, 0.1) is 20.6 Å². The van der Waals surface area contributed by atoms with Gasteiger partial charge in [-0.3, -0.25) is 4.48 Å². The normalized spacial score (nSPS) is 11.7. The van der Waals surface area contributed by atoms with E-state index in [0.717, 1.165) is 11.0 Å². The molecule has 0 radical (unpaired) electrons. The van der Waals surface area contributed by atoms with Crippen molar-refractivity contribution in [2.75, 3.05) is 20.6 Å². The summed E-state index contributed by atoms with van der Waals surface area (Å²) in [5.41, 5.74) is 2.71. The zero-order valence-corrected chi connectivity index (χ0v) is 8.46. The second-order valence-electron chi connectivity index (χ2n) is 3.84. The largest absolute Gasteiger partial charge is 0.296 e. The van der Waals surface area contributed by atoms with Gasteiger partial charge in [0.2, 0.25) is 0 Å². The number of nitrogens with zero attached hydrogens (tertiary/aromatic N) is 1. The van der Waals surface area contributed by atoms with Crippen LogP contribution >= 0.6 is 0 Å². The third kappa shape index (κ3) is 1.86. The number of aryl methyl sites for hydroxylation is 1. The van der Waals surface area contributed by atoms with Gasteiger partial charge in [0, 0.05) is 0 Å². The van der Waals surface area contributed by atoms with Crippen LogP contribution in [0.25, 0.3) is 0 Å². The molecule has 0 fully saturated rings. The van der Waals surface area contributed by atoms with E-state index in [1.165, 1.54) is 11.3 Å². The van der Waals surface area contributed by atoms with Crippen LogP contribution in [-0.2, 0) is 0 Å². The molecule has 1 nitrogen and oxygen atoms in total. The van der Waals surface area contributed by atoms with Crippen molar-refractivity contribution < 1.29 is 0 Å². The van der Waals surface area contributed by atoms with Gasteiger partial charge in [-0.2, -0.15) is 0 Å². The van der Waals surface area contributed by atoms with Crippen molar-refractivity contribution in [1.82, 2.24) is 4.48 Å². The standard InChI is InChI=1S/C11H18N/c1-5-12(3,4)11-8-6-10(2)7-9-11/h6-9H,5H2,1-4H3/q+1. The lowest BCUT2D eigenvalue weighted by Gasteiger charge is -2.27. The van der Waals surface area contributed by atoms with Gasteiger partial charge in [-0.15, -0.1) is 0 Å². The Bertz CT molecular complexity index is 246. The Morgan fingerprint density at radius 2 is 1.58 bits per heavy atom. The molecule has 0 unspecified atom stereocenters. The van der Waals surface area contributed by atoms with Gasteiger partial charge < -0.3 is 0 Å². The molecule has 0 spiro atoms. The Kier molecular flexibility index (Phi) is 2.53. The number of hydrogen-bond acceptors (Lipinski definition) is 0. The van der Waals surface area contributed by atoms with Crippen LogP contribution in [0.5, 0.6) is 0 Å². The van der Waals surface area contributed by atoms with Crippen molar-refractivity contribution in [3.8, 4) is 0 Å². The Labute approximate surface area is 75.2 Å². The summed E-state index contributed by atoms with van der Waals surface area (Å²) < 4.78 is 0.959. The second kappa shape index (κ2) is 3.28. The molecule has 0 heterocycles. The van der Waals surface area contributed by atoms with Crippen LogP contribution in [0.4, 0.5) is 5.69 Å². The van der Waals surface area contributed by atoms with E-state index in [2.05, 4.69) is 52.2 Å². The molecule has 1 heteroatoms. The van der Waals surface area contributed by atoms with E-state index in [1.54, 1.807) is 0 Å². The van der Waals surface area contributed by atoms with Crippen molar-refractivity contribution in [2.24, 2.45) is 0 Å².